The topological polar surface area (TPSA) is 49.7 Å². The van der Waals surface area contributed by atoms with Crippen molar-refractivity contribution in [2.75, 3.05) is 20.1 Å². The van der Waals surface area contributed by atoms with Crippen LogP contribution in [0.5, 0.6) is 0 Å². The molecular weight excluding hydrogens is 282 g/mol. The molecule has 1 aliphatic rings. The zero-order valence-electron chi connectivity index (χ0n) is 12.5. The summed E-state index contributed by atoms with van der Waals surface area (Å²) in [6.45, 7) is 5.51. The van der Waals surface area contributed by atoms with E-state index in [9.17, 15) is 0 Å². The van der Waals surface area contributed by atoms with Gasteiger partial charge in [0.2, 0.25) is 0 Å². The molecule has 6 heteroatoms. The molecule has 2 aromatic heterocycles. The van der Waals surface area contributed by atoms with E-state index in [-0.39, 0.29) is 5.41 Å². The minimum absolute atomic E-state index is 0.262. The van der Waals surface area contributed by atoms with Crippen LogP contribution in [0, 0.1) is 10.2 Å². The Balaban J connectivity index is 1.89. The van der Waals surface area contributed by atoms with Crippen LogP contribution in [0.15, 0.2) is 24.4 Å². The normalized spacial score (nSPS) is 18.8. The number of aromatic amines is 1. The molecule has 0 bridgehead atoms. The molecule has 3 heterocycles. The van der Waals surface area contributed by atoms with Gasteiger partial charge < -0.3 is 4.90 Å². The Kier molecular flexibility index (Phi) is 3.91. The summed E-state index contributed by atoms with van der Waals surface area (Å²) in [5, 5.41) is 7.29. The number of likely N-dealkylation sites (tertiary alicyclic amines) is 1. The number of hydrogen-bond acceptors (Lipinski definition) is 4. The predicted molar refractivity (Wildman–Crippen MR) is 85.5 cm³/mol. The largest absolute Gasteiger partial charge is 0.306 e. The Hall–Kier alpha value is -1.53. The zero-order valence-corrected chi connectivity index (χ0v) is 13.4. The van der Waals surface area contributed by atoms with Crippen LogP contribution in [0.3, 0.4) is 0 Å². The van der Waals surface area contributed by atoms with Crippen LogP contribution in [-0.4, -0.2) is 44.8 Å². The lowest BCUT2D eigenvalue weighted by molar-refractivity contribution is 0.120. The molecule has 0 radical (unpaired) electrons. The average molecular weight is 303 g/mol. The van der Waals surface area contributed by atoms with Crippen LogP contribution in [0.1, 0.15) is 19.8 Å². The number of piperidine rings is 1. The first kappa shape index (κ1) is 14.4. The second kappa shape index (κ2) is 5.69. The molecule has 2 aromatic rings. The minimum Gasteiger partial charge on any atom is -0.306 e. The van der Waals surface area contributed by atoms with E-state index in [4.69, 9.17) is 12.2 Å². The SMILES string of the molecule is CN1CCC(C)(Cn2c(-c3ccccn3)n[nH]c2=S)CC1. The van der Waals surface area contributed by atoms with Gasteiger partial charge in [0.25, 0.3) is 0 Å². The maximum absolute atomic E-state index is 5.42. The summed E-state index contributed by atoms with van der Waals surface area (Å²) in [4.78, 5) is 6.78. The van der Waals surface area contributed by atoms with E-state index in [2.05, 4.69) is 38.6 Å². The summed E-state index contributed by atoms with van der Waals surface area (Å²) in [7, 11) is 2.18. The van der Waals surface area contributed by atoms with Crippen LogP contribution in [-0.2, 0) is 6.54 Å². The van der Waals surface area contributed by atoms with E-state index in [0.29, 0.717) is 4.77 Å². The molecule has 1 aliphatic heterocycles. The summed E-state index contributed by atoms with van der Waals surface area (Å²) in [5.74, 6) is 0.834. The van der Waals surface area contributed by atoms with E-state index in [1.165, 1.54) is 12.8 Å². The Labute approximate surface area is 130 Å². The van der Waals surface area contributed by atoms with Gasteiger partial charge >= 0.3 is 0 Å². The second-order valence-electron chi connectivity index (χ2n) is 6.27. The maximum atomic E-state index is 5.42. The molecule has 21 heavy (non-hydrogen) atoms. The number of nitrogens with one attached hydrogen (secondary N) is 1. The Morgan fingerprint density at radius 3 is 2.76 bits per heavy atom. The summed E-state index contributed by atoms with van der Waals surface area (Å²) >= 11 is 5.42. The van der Waals surface area contributed by atoms with Gasteiger partial charge in [-0.25, -0.2) is 0 Å². The lowest BCUT2D eigenvalue weighted by Gasteiger charge is -2.38. The van der Waals surface area contributed by atoms with Crippen molar-refractivity contribution in [3.63, 3.8) is 0 Å². The van der Waals surface area contributed by atoms with E-state index in [1.54, 1.807) is 6.20 Å². The highest BCUT2D eigenvalue weighted by atomic mass is 32.1. The van der Waals surface area contributed by atoms with Crippen molar-refractivity contribution < 1.29 is 0 Å². The molecule has 1 N–H and O–H groups in total. The molecule has 3 rings (SSSR count). The number of aromatic nitrogens is 4. The molecule has 0 saturated carbocycles. The molecular formula is C15H21N5S. The van der Waals surface area contributed by atoms with Crippen molar-refractivity contribution in [3.05, 3.63) is 29.2 Å². The van der Waals surface area contributed by atoms with Gasteiger partial charge in [-0.1, -0.05) is 13.0 Å². The molecule has 0 aliphatic carbocycles. The highest BCUT2D eigenvalue weighted by molar-refractivity contribution is 7.71. The first-order chi connectivity index (χ1) is 10.1. The smallest absolute Gasteiger partial charge is 0.195 e. The Bertz CT molecular complexity index is 652. The third-order valence-electron chi connectivity index (χ3n) is 4.39. The van der Waals surface area contributed by atoms with Gasteiger partial charge in [0.05, 0.1) is 0 Å². The molecule has 1 saturated heterocycles. The number of hydrogen-bond donors (Lipinski definition) is 1. The number of rotatable bonds is 3. The van der Waals surface area contributed by atoms with Crippen LogP contribution < -0.4 is 0 Å². The molecule has 0 spiro atoms. The standard InChI is InChI=1S/C15H21N5S/c1-15(6-9-19(2)10-7-15)11-20-13(17-18-14(20)21)12-5-3-4-8-16-12/h3-5,8H,6-7,9-11H2,1-2H3,(H,18,21). The summed E-state index contributed by atoms with van der Waals surface area (Å²) in [6.07, 6.45) is 4.14. The fourth-order valence-corrected chi connectivity index (χ4v) is 3.05. The predicted octanol–water partition coefficient (Wildman–Crippen LogP) is 2.73. The number of H-pyrrole nitrogens is 1. The van der Waals surface area contributed by atoms with E-state index < -0.39 is 0 Å². The van der Waals surface area contributed by atoms with Crippen molar-refractivity contribution in [2.24, 2.45) is 5.41 Å². The minimum atomic E-state index is 0.262. The van der Waals surface area contributed by atoms with Gasteiger partial charge in [-0.2, -0.15) is 5.10 Å². The Morgan fingerprint density at radius 2 is 2.10 bits per heavy atom. The van der Waals surface area contributed by atoms with Crippen molar-refractivity contribution in [3.8, 4) is 11.5 Å². The van der Waals surface area contributed by atoms with Crippen LogP contribution in [0.25, 0.3) is 11.5 Å². The third kappa shape index (κ3) is 3.06. The van der Waals surface area contributed by atoms with Crippen LogP contribution >= 0.6 is 12.2 Å². The van der Waals surface area contributed by atoms with Crippen LogP contribution in [0.2, 0.25) is 0 Å². The third-order valence-corrected chi connectivity index (χ3v) is 4.70. The number of nitrogens with zero attached hydrogens (tertiary/aromatic N) is 4. The molecule has 0 unspecified atom stereocenters. The van der Waals surface area contributed by atoms with Crippen LogP contribution in [0.4, 0.5) is 0 Å². The van der Waals surface area contributed by atoms with Gasteiger partial charge in [0.15, 0.2) is 10.6 Å². The summed E-state index contributed by atoms with van der Waals surface area (Å²) in [6, 6.07) is 5.85. The first-order valence-corrected chi connectivity index (χ1v) is 7.73. The van der Waals surface area contributed by atoms with E-state index in [1.807, 2.05) is 18.2 Å². The molecule has 0 aromatic carbocycles. The summed E-state index contributed by atoms with van der Waals surface area (Å²) < 4.78 is 2.78. The number of pyridine rings is 1. The lowest BCUT2D eigenvalue weighted by Crippen LogP contribution is -2.38. The van der Waals surface area contributed by atoms with Crippen molar-refractivity contribution in [1.82, 2.24) is 24.6 Å². The fourth-order valence-electron chi connectivity index (χ4n) is 2.85. The highest BCUT2D eigenvalue weighted by Crippen LogP contribution is 2.33. The Morgan fingerprint density at radius 1 is 1.33 bits per heavy atom. The van der Waals surface area contributed by atoms with Gasteiger partial charge in [0, 0.05) is 12.7 Å². The molecule has 112 valence electrons. The molecule has 5 nitrogen and oxygen atoms in total. The van der Waals surface area contributed by atoms with Gasteiger partial charge in [-0.3, -0.25) is 14.6 Å². The molecule has 0 amide bonds. The van der Waals surface area contributed by atoms with Gasteiger partial charge in [-0.05, 0) is 62.7 Å². The molecule has 1 fully saturated rings. The lowest BCUT2D eigenvalue weighted by atomic mass is 9.80. The molecule has 0 atom stereocenters. The van der Waals surface area contributed by atoms with Gasteiger partial charge in [-0.15, -0.1) is 0 Å². The van der Waals surface area contributed by atoms with E-state index >= 15 is 0 Å². The summed E-state index contributed by atoms with van der Waals surface area (Å²) in [5.41, 5.74) is 1.12. The maximum Gasteiger partial charge on any atom is 0.195 e. The van der Waals surface area contributed by atoms with Crippen molar-refractivity contribution >= 4 is 12.2 Å². The zero-order chi connectivity index (χ0) is 14.9. The monoisotopic (exact) mass is 303 g/mol. The average Bonchev–Trinajstić information content (AvgIpc) is 2.85. The van der Waals surface area contributed by atoms with Crippen molar-refractivity contribution in [2.45, 2.75) is 26.3 Å². The fraction of sp³-hybridized carbons (Fsp3) is 0.533. The highest BCUT2D eigenvalue weighted by Gasteiger charge is 2.30. The quantitative estimate of drug-likeness (QED) is 0.886. The van der Waals surface area contributed by atoms with Gasteiger partial charge in [0.1, 0.15) is 5.69 Å². The van der Waals surface area contributed by atoms with E-state index in [0.717, 1.165) is 31.2 Å². The second-order valence-corrected chi connectivity index (χ2v) is 6.65. The van der Waals surface area contributed by atoms with Crippen molar-refractivity contribution in [1.29, 1.82) is 0 Å². The first-order valence-electron chi connectivity index (χ1n) is 7.33.